The van der Waals surface area contributed by atoms with E-state index >= 15 is 0 Å². The largest absolute Gasteiger partial charge is 0.507 e. The van der Waals surface area contributed by atoms with Crippen LogP contribution in [0, 0.1) is 6.92 Å². The fourth-order valence-electron chi connectivity index (χ4n) is 1.13. The lowest BCUT2D eigenvalue weighted by Gasteiger charge is -2.12. The molecule has 0 fully saturated rings. The molecular weight excluding hydrogens is 218 g/mol. The van der Waals surface area contributed by atoms with E-state index in [0.29, 0.717) is 5.75 Å². The summed E-state index contributed by atoms with van der Waals surface area (Å²) in [6.07, 6.45) is 0. The van der Waals surface area contributed by atoms with Crippen LogP contribution >= 0.6 is 15.9 Å². The summed E-state index contributed by atoms with van der Waals surface area (Å²) in [6, 6.07) is 3.60. The van der Waals surface area contributed by atoms with Gasteiger partial charge in [-0.1, -0.05) is 22.0 Å². The van der Waals surface area contributed by atoms with Crippen molar-refractivity contribution in [3.8, 4) is 5.75 Å². The van der Waals surface area contributed by atoms with Gasteiger partial charge in [0, 0.05) is 16.1 Å². The van der Waals surface area contributed by atoms with Gasteiger partial charge in [-0.3, -0.25) is 0 Å². The minimum Gasteiger partial charge on any atom is -0.507 e. The molecule has 3 heteroatoms. The van der Waals surface area contributed by atoms with E-state index in [9.17, 15) is 5.11 Å². The highest BCUT2D eigenvalue weighted by Gasteiger charge is 2.11. The average molecular weight is 230 g/mol. The molecule has 0 saturated heterocycles. The highest BCUT2D eigenvalue weighted by atomic mass is 79.9. The molecule has 0 spiro atoms. The molecule has 0 aliphatic carbocycles. The number of nitrogens with two attached hydrogens (primary N) is 1. The molecule has 1 atom stereocenters. The molecule has 0 amide bonds. The number of phenols is 1. The monoisotopic (exact) mass is 229 g/mol. The van der Waals surface area contributed by atoms with Crippen molar-refractivity contribution >= 4 is 15.9 Å². The summed E-state index contributed by atoms with van der Waals surface area (Å²) in [6.45, 7) is 3.70. The van der Waals surface area contributed by atoms with Crippen molar-refractivity contribution in [2.75, 3.05) is 0 Å². The number of benzene rings is 1. The molecule has 12 heavy (non-hydrogen) atoms. The van der Waals surface area contributed by atoms with E-state index in [1.807, 2.05) is 26.0 Å². The summed E-state index contributed by atoms with van der Waals surface area (Å²) in [7, 11) is 0. The van der Waals surface area contributed by atoms with Crippen LogP contribution in [0.4, 0.5) is 0 Å². The predicted molar refractivity (Wildman–Crippen MR) is 53.1 cm³/mol. The van der Waals surface area contributed by atoms with Crippen molar-refractivity contribution in [1.82, 2.24) is 0 Å². The van der Waals surface area contributed by atoms with Gasteiger partial charge in [-0.25, -0.2) is 0 Å². The van der Waals surface area contributed by atoms with Crippen LogP contribution in [-0.4, -0.2) is 5.11 Å². The Balaban J connectivity index is 3.33. The third kappa shape index (κ3) is 1.62. The second-order valence-electron chi connectivity index (χ2n) is 2.92. The number of rotatable bonds is 1. The minimum atomic E-state index is -0.153. The number of halogens is 1. The number of hydrogen-bond donors (Lipinski definition) is 2. The third-order valence-corrected chi connectivity index (χ3v) is 2.51. The lowest BCUT2D eigenvalue weighted by atomic mass is 10.0. The van der Waals surface area contributed by atoms with Crippen LogP contribution in [0.5, 0.6) is 5.75 Å². The van der Waals surface area contributed by atoms with Crippen molar-refractivity contribution in [2.24, 2.45) is 5.73 Å². The third-order valence-electron chi connectivity index (χ3n) is 1.82. The predicted octanol–water partition coefficient (Wildman–Crippen LogP) is 2.48. The van der Waals surface area contributed by atoms with Crippen LogP contribution in [0.2, 0.25) is 0 Å². The molecule has 3 N–H and O–H groups in total. The van der Waals surface area contributed by atoms with E-state index in [0.717, 1.165) is 15.6 Å². The highest BCUT2D eigenvalue weighted by molar-refractivity contribution is 9.10. The van der Waals surface area contributed by atoms with Crippen LogP contribution in [0.25, 0.3) is 0 Å². The summed E-state index contributed by atoms with van der Waals surface area (Å²) in [4.78, 5) is 0. The molecule has 0 aliphatic heterocycles. The maximum Gasteiger partial charge on any atom is 0.124 e. The lowest BCUT2D eigenvalue weighted by Crippen LogP contribution is -2.06. The molecule has 2 nitrogen and oxygen atoms in total. The molecule has 0 heterocycles. The fourth-order valence-corrected chi connectivity index (χ4v) is 1.81. The van der Waals surface area contributed by atoms with Gasteiger partial charge in [-0.15, -0.1) is 0 Å². The first-order valence-corrected chi connectivity index (χ1v) is 4.57. The van der Waals surface area contributed by atoms with Crippen molar-refractivity contribution in [1.29, 1.82) is 0 Å². The first-order valence-electron chi connectivity index (χ1n) is 3.77. The normalized spacial score (nSPS) is 13.0. The Labute approximate surface area is 80.5 Å². The lowest BCUT2D eigenvalue weighted by molar-refractivity contribution is 0.459. The quantitative estimate of drug-likeness (QED) is 0.778. The second kappa shape index (κ2) is 3.46. The van der Waals surface area contributed by atoms with Gasteiger partial charge in [0.25, 0.3) is 0 Å². The van der Waals surface area contributed by atoms with Crippen LogP contribution in [-0.2, 0) is 0 Å². The van der Waals surface area contributed by atoms with E-state index in [1.165, 1.54) is 0 Å². The molecule has 1 unspecified atom stereocenters. The molecule has 0 aromatic heterocycles. The topological polar surface area (TPSA) is 46.2 Å². The number of hydrogen-bond acceptors (Lipinski definition) is 2. The molecule has 1 aromatic rings. The van der Waals surface area contributed by atoms with E-state index in [-0.39, 0.29) is 6.04 Å². The molecule has 0 saturated carbocycles. The van der Waals surface area contributed by atoms with Crippen molar-refractivity contribution < 1.29 is 5.11 Å². The molecule has 0 radical (unpaired) electrons. The van der Waals surface area contributed by atoms with E-state index in [1.54, 1.807) is 0 Å². The van der Waals surface area contributed by atoms with Gasteiger partial charge in [0.1, 0.15) is 5.75 Å². The SMILES string of the molecule is Cc1ccc(Br)c(C(C)N)c1O. The number of phenolic OH excluding ortho intramolecular Hbond substituents is 1. The van der Waals surface area contributed by atoms with Crippen molar-refractivity contribution in [3.63, 3.8) is 0 Å². The van der Waals surface area contributed by atoms with Gasteiger partial charge in [0.2, 0.25) is 0 Å². The Morgan fingerprint density at radius 3 is 2.50 bits per heavy atom. The maximum absolute atomic E-state index is 9.64. The summed E-state index contributed by atoms with van der Waals surface area (Å²) in [5.41, 5.74) is 7.32. The maximum atomic E-state index is 9.64. The van der Waals surface area contributed by atoms with Gasteiger partial charge >= 0.3 is 0 Å². The smallest absolute Gasteiger partial charge is 0.124 e. The van der Waals surface area contributed by atoms with Crippen LogP contribution in [0.3, 0.4) is 0 Å². The van der Waals surface area contributed by atoms with Crippen molar-refractivity contribution in [3.05, 3.63) is 27.7 Å². The average Bonchev–Trinajstić information content (AvgIpc) is 1.97. The standard InChI is InChI=1S/C9H12BrNO/c1-5-3-4-7(10)8(6(2)11)9(5)12/h3-4,6,12H,11H2,1-2H3. The van der Waals surface area contributed by atoms with E-state index in [4.69, 9.17) is 5.73 Å². The zero-order valence-electron chi connectivity index (χ0n) is 7.13. The minimum absolute atomic E-state index is 0.153. The van der Waals surface area contributed by atoms with Crippen LogP contribution in [0.15, 0.2) is 16.6 Å². The Morgan fingerprint density at radius 1 is 1.50 bits per heavy atom. The Bertz CT molecular complexity index is 297. The van der Waals surface area contributed by atoms with Gasteiger partial charge in [0.05, 0.1) is 0 Å². The number of aryl methyl sites for hydroxylation is 1. The van der Waals surface area contributed by atoms with Gasteiger partial charge in [-0.05, 0) is 25.5 Å². The molecule has 1 aromatic carbocycles. The van der Waals surface area contributed by atoms with Crippen LogP contribution < -0.4 is 5.73 Å². The summed E-state index contributed by atoms with van der Waals surface area (Å²) >= 11 is 3.34. The zero-order chi connectivity index (χ0) is 9.30. The molecule has 0 bridgehead atoms. The number of aromatic hydroxyl groups is 1. The first kappa shape index (κ1) is 9.55. The van der Waals surface area contributed by atoms with Gasteiger partial charge < -0.3 is 10.8 Å². The summed E-state index contributed by atoms with van der Waals surface area (Å²) < 4.78 is 0.862. The van der Waals surface area contributed by atoms with Crippen molar-refractivity contribution in [2.45, 2.75) is 19.9 Å². The van der Waals surface area contributed by atoms with Gasteiger partial charge in [0.15, 0.2) is 0 Å². The van der Waals surface area contributed by atoms with Crippen LogP contribution in [0.1, 0.15) is 24.1 Å². The van der Waals surface area contributed by atoms with E-state index in [2.05, 4.69) is 15.9 Å². The summed E-state index contributed by atoms with van der Waals surface area (Å²) in [5, 5.41) is 9.64. The Hall–Kier alpha value is -0.540. The Kier molecular flexibility index (Phi) is 2.75. The molecular formula is C9H12BrNO. The zero-order valence-corrected chi connectivity index (χ0v) is 8.72. The molecule has 0 aliphatic rings. The fraction of sp³-hybridized carbons (Fsp3) is 0.333. The highest BCUT2D eigenvalue weighted by Crippen LogP contribution is 2.32. The summed E-state index contributed by atoms with van der Waals surface area (Å²) in [5.74, 6) is 0.291. The molecule has 66 valence electrons. The first-order chi connectivity index (χ1) is 5.54. The Morgan fingerprint density at radius 2 is 2.08 bits per heavy atom. The van der Waals surface area contributed by atoms with E-state index < -0.39 is 0 Å². The second-order valence-corrected chi connectivity index (χ2v) is 3.77. The van der Waals surface area contributed by atoms with Gasteiger partial charge in [-0.2, -0.15) is 0 Å². The molecule has 1 rings (SSSR count).